The number of hydrogen-bond donors (Lipinski definition) is 1. The SMILES string of the molecule is O=C(CSc1nnc(-c2ccncc2)n1-c1ccc(Cl)cc1)NN=Cc1cccc(Br)c1. The molecule has 4 aromatic rings. The van der Waals surface area contributed by atoms with E-state index in [1.807, 2.05) is 53.1 Å². The van der Waals surface area contributed by atoms with Gasteiger partial charge in [0.25, 0.3) is 5.91 Å². The van der Waals surface area contributed by atoms with Crippen molar-refractivity contribution in [2.45, 2.75) is 5.16 Å². The van der Waals surface area contributed by atoms with Gasteiger partial charge in [-0.25, -0.2) is 5.43 Å². The van der Waals surface area contributed by atoms with Crippen LogP contribution in [-0.4, -0.2) is 37.6 Å². The van der Waals surface area contributed by atoms with Crippen molar-refractivity contribution in [3.05, 3.63) is 88.1 Å². The Hall–Kier alpha value is -3.01. The molecule has 0 fully saturated rings. The van der Waals surface area contributed by atoms with Crippen molar-refractivity contribution in [3.63, 3.8) is 0 Å². The molecule has 2 heterocycles. The summed E-state index contributed by atoms with van der Waals surface area (Å²) in [6.45, 7) is 0. The average Bonchev–Trinajstić information content (AvgIpc) is 3.23. The smallest absolute Gasteiger partial charge is 0.250 e. The monoisotopic (exact) mass is 526 g/mol. The van der Waals surface area contributed by atoms with Gasteiger partial charge in [0.05, 0.1) is 12.0 Å². The molecular formula is C22H16BrClN6OS. The highest BCUT2D eigenvalue weighted by Crippen LogP contribution is 2.28. The Bertz CT molecular complexity index is 1250. The number of rotatable bonds is 7. The van der Waals surface area contributed by atoms with Gasteiger partial charge in [-0.15, -0.1) is 10.2 Å². The van der Waals surface area contributed by atoms with Crippen LogP contribution in [-0.2, 0) is 4.79 Å². The first-order valence-electron chi connectivity index (χ1n) is 9.42. The summed E-state index contributed by atoms with van der Waals surface area (Å²) >= 11 is 10.7. The van der Waals surface area contributed by atoms with Crippen molar-refractivity contribution in [1.29, 1.82) is 0 Å². The first kappa shape index (κ1) is 22.2. The Morgan fingerprint density at radius 1 is 1.12 bits per heavy atom. The van der Waals surface area contributed by atoms with E-state index in [4.69, 9.17) is 11.6 Å². The molecule has 0 aliphatic heterocycles. The largest absolute Gasteiger partial charge is 0.272 e. The zero-order chi connectivity index (χ0) is 22.3. The second-order valence-electron chi connectivity index (χ2n) is 6.49. The molecular weight excluding hydrogens is 512 g/mol. The number of thioether (sulfide) groups is 1. The van der Waals surface area contributed by atoms with Gasteiger partial charge in [-0.05, 0) is 54.1 Å². The number of hydrazone groups is 1. The van der Waals surface area contributed by atoms with Gasteiger partial charge < -0.3 is 0 Å². The lowest BCUT2D eigenvalue weighted by Crippen LogP contribution is -2.20. The fraction of sp³-hybridized carbons (Fsp3) is 0.0455. The quantitative estimate of drug-likeness (QED) is 0.208. The number of carbonyl (C=O) groups is 1. The summed E-state index contributed by atoms with van der Waals surface area (Å²) in [6.07, 6.45) is 4.98. The van der Waals surface area contributed by atoms with E-state index in [2.05, 4.69) is 41.6 Å². The van der Waals surface area contributed by atoms with Gasteiger partial charge in [0.15, 0.2) is 11.0 Å². The third-order valence-corrected chi connectivity index (χ3v) is 5.91. The Balaban J connectivity index is 1.50. The maximum absolute atomic E-state index is 12.3. The van der Waals surface area contributed by atoms with Crippen LogP contribution >= 0.6 is 39.3 Å². The molecule has 0 spiro atoms. The minimum atomic E-state index is -0.252. The molecule has 0 aliphatic carbocycles. The Morgan fingerprint density at radius 2 is 1.91 bits per heavy atom. The van der Waals surface area contributed by atoms with Crippen LogP contribution in [0.3, 0.4) is 0 Å². The van der Waals surface area contributed by atoms with E-state index in [0.717, 1.165) is 21.3 Å². The van der Waals surface area contributed by atoms with Gasteiger partial charge in [0.2, 0.25) is 0 Å². The Labute approximate surface area is 202 Å². The molecule has 32 heavy (non-hydrogen) atoms. The maximum atomic E-state index is 12.3. The number of carbonyl (C=O) groups excluding carboxylic acids is 1. The molecule has 4 rings (SSSR count). The summed E-state index contributed by atoms with van der Waals surface area (Å²) in [5.74, 6) is 0.514. The summed E-state index contributed by atoms with van der Waals surface area (Å²) in [7, 11) is 0. The van der Waals surface area contributed by atoms with E-state index in [-0.39, 0.29) is 11.7 Å². The maximum Gasteiger partial charge on any atom is 0.250 e. The third kappa shape index (κ3) is 5.61. The molecule has 1 N–H and O–H groups in total. The normalized spacial score (nSPS) is 11.1. The van der Waals surface area contributed by atoms with Crippen molar-refractivity contribution in [2.75, 3.05) is 5.75 Å². The number of pyridine rings is 1. The molecule has 0 saturated carbocycles. The predicted molar refractivity (Wildman–Crippen MR) is 130 cm³/mol. The van der Waals surface area contributed by atoms with Crippen molar-refractivity contribution in [2.24, 2.45) is 5.10 Å². The van der Waals surface area contributed by atoms with E-state index in [1.54, 1.807) is 30.7 Å². The summed E-state index contributed by atoms with van der Waals surface area (Å²) in [4.78, 5) is 16.4. The fourth-order valence-corrected chi connectivity index (χ4v) is 4.09. The molecule has 0 bridgehead atoms. The van der Waals surface area contributed by atoms with Crippen molar-refractivity contribution in [3.8, 4) is 17.1 Å². The standard InChI is InChI=1S/C22H16BrClN6OS/c23-17-3-1-2-15(12-17)13-26-27-20(31)14-32-22-29-28-21(16-8-10-25-11-9-16)30(22)19-6-4-18(24)5-7-19/h1-13H,14H2,(H,27,31). The average molecular weight is 528 g/mol. The molecule has 2 aromatic heterocycles. The summed E-state index contributed by atoms with van der Waals surface area (Å²) in [5, 5.41) is 13.9. The molecule has 160 valence electrons. The minimum absolute atomic E-state index is 0.123. The van der Waals surface area contributed by atoms with E-state index >= 15 is 0 Å². The van der Waals surface area contributed by atoms with Crippen LogP contribution < -0.4 is 5.43 Å². The molecule has 0 atom stereocenters. The van der Waals surface area contributed by atoms with Crippen molar-refractivity contribution in [1.82, 2.24) is 25.2 Å². The number of benzene rings is 2. The van der Waals surface area contributed by atoms with Gasteiger partial charge in [-0.3, -0.25) is 14.3 Å². The van der Waals surface area contributed by atoms with E-state index in [1.165, 1.54) is 11.8 Å². The molecule has 1 amide bonds. The lowest BCUT2D eigenvalue weighted by molar-refractivity contribution is -0.118. The zero-order valence-electron chi connectivity index (χ0n) is 16.5. The molecule has 0 radical (unpaired) electrons. The van der Waals surface area contributed by atoms with Gasteiger partial charge in [0.1, 0.15) is 0 Å². The highest BCUT2D eigenvalue weighted by atomic mass is 79.9. The predicted octanol–water partition coefficient (Wildman–Crippen LogP) is 4.99. The first-order chi connectivity index (χ1) is 15.6. The summed E-state index contributed by atoms with van der Waals surface area (Å²) in [5.41, 5.74) is 5.10. The molecule has 0 saturated heterocycles. The third-order valence-electron chi connectivity index (χ3n) is 4.24. The summed E-state index contributed by atoms with van der Waals surface area (Å²) in [6, 6.07) is 18.7. The van der Waals surface area contributed by atoms with Gasteiger partial charge in [0, 0.05) is 33.1 Å². The van der Waals surface area contributed by atoms with Crippen LogP contribution in [0.2, 0.25) is 5.02 Å². The summed E-state index contributed by atoms with van der Waals surface area (Å²) < 4.78 is 2.82. The second-order valence-corrected chi connectivity index (χ2v) is 8.79. The van der Waals surface area contributed by atoms with Gasteiger partial charge in [-0.2, -0.15) is 5.10 Å². The van der Waals surface area contributed by atoms with Crippen molar-refractivity contribution >= 4 is 51.4 Å². The van der Waals surface area contributed by atoms with E-state index < -0.39 is 0 Å². The molecule has 2 aromatic carbocycles. The number of amides is 1. The second kappa shape index (κ2) is 10.5. The molecule has 0 unspecified atom stereocenters. The lowest BCUT2D eigenvalue weighted by atomic mass is 10.2. The topological polar surface area (TPSA) is 85.1 Å². The molecule has 0 aliphatic rings. The van der Waals surface area contributed by atoms with E-state index in [0.29, 0.717) is 16.0 Å². The Morgan fingerprint density at radius 3 is 2.66 bits per heavy atom. The van der Waals surface area contributed by atoms with E-state index in [9.17, 15) is 4.79 Å². The molecule has 7 nitrogen and oxygen atoms in total. The lowest BCUT2D eigenvalue weighted by Gasteiger charge is -2.10. The highest BCUT2D eigenvalue weighted by Gasteiger charge is 2.17. The number of nitrogens with one attached hydrogen (secondary N) is 1. The number of nitrogens with zero attached hydrogens (tertiary/aromatic N) is 5. The van der Waals surface area contributed by atoms with Crippen LogP contribution in [0.4, 0.5) is 0 Å². The Kier molecular flexibility index (Phi) is 7.31. The molecule has 10 heteroatoms. The number of halogens is 2. The fourth-order valence-electron chi connectivity index (χ4n) is 2.80. The van der Waals surface area contributed by atoms with Crippen LogP contribution in [0, 0.1) is 0 Å². The van der Waals surface area contributed by atoms with Crippen LogP contribution in [0.1, 0.15) is 5.56 Å². The number of aromatic nitrogens is 4. The van der Waals surface area contributed by atoms with Crippen LogP contribution in [0.5, 0.6) is 0 Å². The first-order valence-corrected chi connectivity index (χ1v) is 11.6. The van der Waals surface area contributed by atoms with Crippen LogP contribution in [0.25, 0.3) is 17.1 Å². The van der Waals surface area contributed by atoms with Gasteiger partial charge in [-0.1, -0.05) is 51.4 Å². The van der Waals surface area contributed by atoms with Gasteiger partial charge >= 0.3 is 0 Å². The van der Waals surface area contributed by atoms with Crippen LogP contribution in [0.15, 0.2) is 87.8 Å². The highest BCUT2D eigenvalue weighted by molar-refractivity contribution is 9.10. The number of hydrogen-bond acceptors (Lipinski definition) is 6. The zero-order valence-corrected chi connectivity index (χ0v) is 19.7. The minimum Gasteiger partial charge on any atom is -0.272 e. The van der Waals surface area contributed by atoms with Crippen molar-refractivity contribution < 1.29 is 4.79 Å².